The summed E-state index contributed by atoms with van der Waals surface area (Å²) in [5, 5.41) is 22.4. The summed E-state index contributed by atoms with van der Waals surface area (Å²) >= 11 is 0. The predicted molar refractivity (Wildman–Crippen MR) is 258 cm³/mol. The normalized spacial score (nSPS) is 24.0. The lowest BCUT2D eigenvalue weighted by Crippen LogP contribution is -2.58. The quantitative estimate of drug-likeness (QED) is 0.124. The summed E-state index contributed by atoms with van der Waals surface area (Å²) in [6.07, 6.45) is 3.69. The number of likely N-dealkylation sites (tertiary alicyclic amines) is 2. The van der Waals surface area contributed by atoms with Crippen molar-refractivity contribution >= 4 is 40.3 Å². The molecule has 1 aliphatic carbocycles. The lowest BCUT2D eigenvalue weighted by Gasteiger charge is -2.44. The number of methoxy groups -OCH3 is 1. The number of primary amides is 1. The van der Waals surface area contributed by atoms with E-state index in [4.69, 9.17) is 15.2 Å². The number of nitrogens with zero attached hydrogens (tertiary/aromatic N) is 5. The summed E-state index contributed by atoms with van der Waals surface area (Å²) in [6, 6.07) is 20.1. The van der Waals surface area contributed by atoms with Gasteiger partial charge in [-0.15, -0.1) is 0 Å². The molecule has 3 saturated heterocycles. The van der Waals surface area contributed by atoms with E-state index in [9.17, 15) is 24.3 Å². The molecule has 1 aromatic heterocycles. The molecule has 4 aromatic carbocycles. The zero-order valence-corrected chi connectivity index (χ0v) is 40.0. The fourth-order valence-electron chi connectivity index (χ4n) is 11.8. The average molecular weight is 959 g/mol. The minimum Gasteiger partial charge on any atom is -0.494 e. The summed E-state index contributed by atoms with van der Waals surface area (Å²) in [6.45, 7) is 6.40. The molecule has 0 radical (unpaired) electrons. The Balaban J connectivity index is 0.742. The van der Waals surface area contributed by atoms with E-state index < -0.39 is 35.4 Å². The molecule has 4 amide bonds. The maximum Gasteiger partial charge on any atom is 0.249 e. The maximum atomic E-state index is 16.3. The third-order valence-electron chi connectivity index (χ3n) is 15.9. The molecular weight excluding hydrogens is 899 g/mol. The smallest absolute Gasteiger partial charge is 0.249 e. The van der Waals surface area contributed by atoms with Crippen LogP contribution in [0.4, 0.5) is 14.6 Å². The van der Waals surface area contributed by atoms with Crippen LogP contribution in [0.3, 0.4) is 0 Å². The summed E-state index contributed by atoms with van der Waals surface area (Å²) in [4.78, 5) is 57.5. The van der Waals surface area contributed by atoms with Gasteiger partial charge in [-0.2, -0.15) is 5.10 Å². The number of amides is 4. The van der Waals surface area contributed by atoms with Crippen LogP contribution >= 0.6 is 0 Å². The maximum absolute atomic E-state index is 16.3. The molecule has 4 aliphatic heterocycles. The van der Waals surface area contributed by atoms with Crippen LogP contribution in [0, 0.1) is 30.4 Å². The lowest BCUT2D eigenvalue weighted by atomic mass is 9.76. The number of hydrogen-bond donors (Lipinski definition) is 4. The van der Waals surface area contributed by atoms with Gasteiger partial charge >= 0.3 is 0 Å². The topological polar surface area (TPSA) is 185 Å². The number of nitrogens with two attached hydrogens (primary N) is 1. The van der Waals surface area contributed by atoms with Gasteiger partial charge in [-0.3, -0.25) is 23.9 Å². The van der Waals surface area contributed by atoms with Gasteiger partial charge in [-0.1, -0.05) is 43.3 Å². The Morgan fingerprint density at radius 3 is 2.33 bits per heavy atom. The van der Waals surface area contributed by atoms with E-state index in [1.807, 2.05) is 60.2 Å². The number of hydrogen-bond acceptors (Lipinski definition) is 10. The summed E-state index contributed by atoms with van der Waals surface area (Å²) in [5.41, 5.74) is 8.41. The van der Waals surface area contributed by atoms with E-state index in [-0.39, 0.29) is 81.7 Å². The number of anilines is 1. The van der Waals surface area contributed by atoms with Gasteiger partial charge in [0.25, 0.3) is 0 Å². The number of halogens is 2. The van der Waals surface area contributed by atoms with Crippen LogP contribution in [0.5, 0.6) is 11.5 Å². The highest BCUT2D eigenvalue weighted by Crippen LogP contribution is 2.56. The van der Waals surface area contributed by atoms with Gasteiger partial charge in [0.2, 0.25) is 30.0 Å². The van der Waals surface area contributed by atoms with Gasteiger partial charge in [0, 0.05) is 93.2 Å². The van der Waals surface area contributed by atoms with Crippen LogP contribution in [-0.2, 0) is 27.0 Å². The van der Waals surface area contributed by atoms with E-state index in [0.717, 1.165) is 42.1 Å². The SMILES string of the molecule is COc1ccc(C(N)=O)c(-c2c(C)c(F)cc3c2C(C)C(CNC2CCC(C(=O)N4CC(C(=O)N5CCC(c6ccc7c(N8CCC(=O)NC8O)nn(C)c7c6)CC5)C4)CC2)(c2ccccc2)O3)c1F. The Hall–Kier alpha value is -6.59. The third kappa shape index (κ3) is 8.19. The standard InChI is InChI=1S/C53H60F2N8O7/c1-29-39(54)25-42-45(44(29)46-38(48(56)65)16-17-41(69-4)47(46)55)30(2)53(70-42,35-8-6-5-7-9-35)28-57-36-13-10-32(11-14-36)50(66)62-26-34(27-62)51(67)61-21-18-31(19-22-61)33-12-15-37-40(24-33)60(3)59-49(37)63-23-20-43(64)58-52(63)68/h5-9,12,15-17,24-25,30-32,34,36,52,57,68H,10-11,13-14,18-23,26-28H2,1-4H3,(H2,56,65)(H,58,64). The molecule has 1 saturated carbocycles. The summed E-state index contributed by atoms with van der Waals surface area (Å²) in [5.74, 6) is -2.00. The number of aromatic nitrogens is 2. The highest BCUT2D eigenvalue weighted by Gasteiger charge is 2.50. The van der Waals surface area contributed by atoms with Gasteiger partial charge in [0.05, 0.1) is 24.1 Å². The van der Waals surface area contributed by atoms with Gasteiger partial charge < -0.3 is 45.6 Å². The molecule has 4 fully saturated rings. The van der Waals surface area contributed by atoms with Crippen LogP contribution in [-0.4, -0.2) is 107 Å². The number of carbonyl (C=O) groups excluding carboxylic acids is 4. The van der Waals surface area contributed by atoms with E-state index in [2.05, 4.69) is 27.9 Å². The number of ether oxygens (including phenoxy) is 2. The van der Waals surface area contributed by atoms with Crippen molar-refractivity contribution in [2.24, 2.45) is 24.6 Å². The summed E-state index contributed by atoms with van der Waals surface area (Å²) < 4.78 is 46.1. The highest BCUT2D eigenvalue weighted by atomic mass is 19.1. The number of rotatable bonds is 11. The van der Waals surface area contributed by atoms with Crippen LogP contribution in [0.25, 0.3) is 22.0 Å². The van der Waals surface area contributed by atoms with E-state index >= 15 is 8.78 Å². The average Bonchev–Trinajstić information content (AvgIpc) is 3.82. The Morgan fingerprint density at radius 2 is 1.64 bits per heavy atom. The minimum absolute atomic E-state index is 0.0655. The molecule has 3 unspecified atom stereocenters. The van der Waals surface area contributed by atoms with Crippen molar-refractivity contribution in [3.8, 4) is 22.6 Å². The second kappa shape index (κ2) is 18.6. The molecule has 0 bridgehead atoms. The zero-order chi connectivity index (χ0) is 49.2. The van der Waals surface area contributed by atoms with Gasteiger partial charge in [-0.25, -0.2) is 8.78 Å². The highest BCUT2D eigenvalue weighted by molar-refractivity contribution is 6.01. The van der Waals surface area contributed by atoms with Crippen molar-refractivity contribution < 1.29 is 42.5 Å². The third-order valence-corrected chi connectivity index (χ3v) is 15.9. The molecule has 5 aliphatic rings. The van der Waals surface area contributed by atoms with Crippen molar-refractivity contribution in [1.82, 2.24) is 30.2 Å². The second-order valence-corrected chi connectivity index (χ2v) is 19.8. The van der Waals surface area contributed by atoms with Crippen LogP contribution in [0.15, 0.2) is 66.7 Å². The number of aryl methyl sites for hydroxylation is 1. The van der Waals surface area contributed by atoms with Gasteiger partial charge in [0.15, 0.2) is 23.0 Å². The Kier molecular flexibility index (Phi) is 12.5. The van der Waals surface area contributed by atoms with Crippen LogP contribution in [0.2, 0.25) is 0 Å². The first-order chi connectivity index (χ1) is 33.7. The molecule has 5 aromatic rings. The lowest BCUT2D eigenvalue weighted by molar-refractivity contribution is -0.152. The molecule has 15 nitrogen and oxygen atoms in total. The first kappa shape index (κ1) is 47.1. The Bertz CT molecular complexity index is 2870. The van der Waals surface area contributed by atoms with Crippen LogP contribution < -0.4 is 30.7 Å². The number of carbonyl (C=O) groups is 4. The number of piperidine rings is 1. The zero-order valence-electron chi connectivity index (χ0n) is 40.0. The van der Waals surface area contributed by atoms with E-state index in [1.54, 1.807) is 16.5 Å². The molecule has 10 rings (SSSR count). The molecule has 3 atom stereocenters. The van der Waals surface area contributed by atoms with Crippen LogP contribution in [0.1, 0.15) is 96.3 Å². The fourth-order valence-corrected chi connectivity index (χ4v) is 11.8. The monoisotopic (exact) mass is 958 g/mol. The molecule has 70 heavy (non-hydrogen) atoms. The van der Waals surface area contributed by atoms with Crippen molar-refractivity contribution in [3.05, 3.63) is 106 Å². The second-order valence-electron chi connectivity index (χ2n) is 19.8. The molecular formula is C53H60F2N8O7. The largest absolute Gasteiger partial charge is 0.494 e. The number of nitrogens with one attached hydrogen (secondary N) is 2. The molecule has 5 heterocycles. The molecule has 368 valence electrons. The van der Waals surface area contributed by atoms with Crippen molar-refractivity contribution in [3.63, 3.8) is 0 Å². The van der Waals surface area contributed by atoms with E-state index in [1.165, 1.54) is 30.9 Å². The summed E-state index contributed by atoms with van der Waals surface area (Å²) in [7, 11) is 3.20. The number of aliphatic hydroxyl groups is 1. The minimum atomic E-state index is -1.13. The van der Waals surface area contributed by atoms with Gasteiger partial charge in [0.1, 0.15) is 11.6 Å². The van der Waals surface area contributed by atoms with Gasteiger partial charge in [-0.05, 0) is 97.9 Å². The molecule has 5 N–H and O–H groups in total. The first-order valence-electron chi connectivity index (χ1n) is 24.4. The Labute approximate surface area is 405 Å². The molecule has 17 heteroatoms. The van der Waals surface area contributed by atoms with E-state index in [0.29, 0.717) is 63.5 Å². The molecule has 0 spiro atoms. The Morgan fingerprint density at radius 1 is 0.929 bits per heavy atom. The fraction of sp³-hybridized carbons (Fsp3) is 0.453. The van der Waals surface area contributed by atoms with Crippen molar-refractivity contribution in [2.75, 3.05) is 51.3 Å². The van der Waals surface area contributed by atoms with Crippen molar-refractivity contribution in [2.45, 2.75) is 88.6 Å². The number of benzene rings is 4. The first-order valence-corrected chi connectivity index (χ1v) is 24.4. The number of aliphatic hydroxyl groups excluding tert-OH is 1. The predicted octanol–water partition coefficient (Wildman–Crippen LogP) is 5.94. The number of fused-ring (bicyclic) bond motifs is 2. The van der Waals surface area contributed by atoms with Crippen molar-refractivity contribution in [1.29, 1.82) is 0 Å².